The van der Waals surface area contributed by atoms with E-state index in [-0.39, 0.29) is 6.54 Å². The standard InChI is InChI=1S/C21H24Cl2N4O2S/c22-20-24-17(14-30-20)13-26(21(28)29)12-9-15-7-10-25(11-8-15)19-6-5-16-3-1-2-4-18(16)27(19)23/h1-4,6,14-15H,5,7-13H2,(H,28,29). The number of fused-ring (bicyclic) bond motifs is 1. The van der Waals surface area contributed by atoms with Gasteiger partial charge in [0.15, 0.2) is 4.47 Å². The summed E-state index contributed by atoms with van der Waals surface area (Å²) in [7, 11) is 0. The second kappa shape index (κ2) is 9.45. The molecule has 0 spiro atoms. The van der Waals surface area contributed by atoms with Crippen LogP contribution in [0, 0.1) is 5.92 Å². The van der Waals surface area contributed by atoms with E-state index in [1.807, 2.05) is 17.5 Å². The van der Waals surface area contributed by atoms with E-state index in [1.165, 1.54) is 21.8 Å². The fourth-order valence-corrected chi connectivity index (χ4v) is 5.23. The molecule has 1 N–H and O–H groups in total. The lowest BCUT2D eigenvalue weighted by molar-refractivity contribution is 0.133. The Hall–Kier alpha value is -1.96. The van der Waals surface area contributed by atoms with Crippen molar-refractivity contribution in [3.05, 3.63) is 57.3 Å². The number of allylic oxidation sites excluding steroid dienone is 1. The third-order valence-electron chi connectivity index (χ3n) is 5.80. The van der Waals surface area contributed by atoms with Gasteiger partial charge in [0, 0.05) is 36.8 Å². The summed E-state index contributed by atoms with van der Waals surface area (Å²) in [6.07, 6.45) is 5.08. The first-order valence-corrected chi connectivity index (χ1v) is 11.7. The van der Waals surface area contributed by atoms with E-state index in [1.54, 1.807) is 4.42 Å². The normalized spacial score (nSPS) is 16.9. The molecule has 4 rings (SSSR count). The predicted molar refractivity (Wildman–Crippen MR) is 121 cm³/mol. The number of benzene rings is 1. The number of likely N-dealkylation sites (tertiary alicyclic amines) is 1. The number of hydrogen-bond donors (Lipinski definition) is 1. The van der Waals surface area contributed by atoms with E-state index >= 15 is 0 Å². The molecule has 160 valence electrons. The average molecular weight is 467 g/mol. The number of para-hydroxylation sites is 1. The number of nitrogens with zero attached hydrogens (tertiary/aromatic N) is 4. The number of aromatic nitrogens is 1. The van der Waals surface area contributed by atoms with Gasteiger partial charge in [0.05, 0.1) is 17.9 Å². The van der Waals surface area contributed by atoms with E-state index in [0.29, 0.717) is 22.6 Å². The second-order valence-corrected chi connectivity index (χ2v) is 9.47. The summed E-state index contributed by atoms with van der Waals surface area (Å²) in [5.74, 6) is 1.56. The molecule has 6 nitrogen and oxygen atoms in total. The van der Waals surface area contributed by atoms with Crippen LogP contribution in [0.3, 0.4) is 0 Å². The van der Waals surface area contributed by atoms with Crippen molar-refractivity contribution in [3.63, 3.8) is 0 Å². The highest BCUT2D eigenvalue weighted by Crippen LogP contribution is 2.34. The molecule has 2 aromatic rings. The van der Waals surface area contributed by atoms with Crippen molar-refractivity contribution in [2.24, 2.45) is 5.92 Å². The van der Waals surface area contributed by atoms with Crippen LogP contribution in [0.4, 0.5) is 10.5 Å². The molecule has 0 bridgehead atoms. The number of piperidine rings is 1. The molecule has 2 aliphatic heterocycles. The Morgan fingerprint density at radius 1 is 1.30 bits per heavy atom. The van der Waals surface area contributed by atoms with Gasteiger partial charge in [-0.05, 0) is 49.3 Å². The summed E-state index contributed by atoms with van der Waals surface area (Å²) in [5.41, 5.74) is 2.99. The van der Waals surface area contributed by atoms with Crippen LogP contribution in [0.25, 0.3) is 0 Å². The van der Waals surface area contributed by atoms with Crippen LogP contribution in [0.15, 0.2) is 41.5 Å². The molecule has 0 atom stereocenters. The molecule has 2 aliphatic rings. The molecular weight excluding hydrogens is 443 g/mol. The summed E-state index contributed by atoms with van der Waals surface area (Å²) in [6.45, 7) is 2.64. The van der Waals surface area contributed by atoms with Crippen LogP contribution in [-0.4, -0.2) is 45.6 Å². The van der Waals surface area contributed by atoms with Crippen LogP contribution >= 0.6 is 34.7 Å². The second-order valence-electron chi connectivity index (χ2n) is 7.69. The van der Waals surface area contributed by atoms with Crippen molar-refractivity contribution in [2.45, 2.75) is 32.2 Å². The predicted octanol–water partition coefficient (Wildman–Crippen LogP) is 5.44. The summed E-state index contributed by atoms with van der Waals surface area (Å²) in [6, 6.07) is 8.21. The van der Waals surface area contributed by atoms with Crippen molar-refractivity contribution >= 4 is 46.5 Å². The number of carbonyl (C=O) groups is 1. The zero-order valence-corrected chi connectivity index (χ0v) is 18.8. The largest absolute Gasteiger partial charge is 0.465 e. The van der Waals surface area contributed by atoms with Gasteiger partial charge in [0.2, 0.25) is 0 Å². The topological polar surface area (TPSA) is 59.9 Å². The van der Waals surface area contributed by atoms with Crippen molar-refractivity contribution in [1.82, 2.24) is 14.8 Å². The molecule has 0 aliphatic carbocycles. The fourth-order valence-electron chi connectivity index (χ4n) is 4.11. The molecule has 0 radical (unpaired) electrons. The van der Waals surface area contributed by atoms with Crippen molar-refractivity contribution in [1.29, 1.82) is 0 Å². The summed E-state index contributed by atoms with van der Waals surface area (Å²) in [5, 5.41) is 11.3. The lowest BCUT2D eigenvalue weighted by Crippen LogP contribution is -2.39. The number of thiazole rings is 1. The van der Waals surface area contributed by atoms with E-state index in [9.17, 15) is 9.90 Å². The van der Waals surface area contributed by atoms with Gasteiger partial charge >= 0.3 is 6.09 Å². The van der Waals surface area contributed by atoms with E-state index < -0.39 is 6.09 Å². The molecule has 1 saturated heterocycles. The molecule has 9 heteroatoms. The monoisotopic (exact) mass is 466 g/mol. The van der Waals surface area contributed by atoms with Crippen molar-refractivity contribution in [3.8, 4) is 0 Å². The highest BCUT2D eigenvalue weighted by atomic mass is 35.5. The van der Waals surface area contributed by atoms with Crippen molar-refractivity contribution < 1.29 is 9.90 Å². The van der Waals surface area contributed by atoms with Crippen LogP contribution in [0.5, 0.6) is 0 Å². The lowest BCUT2D eigenvalue weighted by Gasteiger charge is -2.39. The Morgan fingerprint density at radius 2 is 2.07 bits per heavy atom. The molecule has 30 heavy (non-hydrogen) atoms. The van der Waals surface area contributed by atoms with Gasteiger partial charge < -0.3 is 14.9 Å². The third-order valence-corrected chi connectivity index (χ3v) is 7.18. The first-order chi connectivity index (χ1) is 14.5. The minimum atomic E-state index is -0.916. The Balaban J connectivity index is 1.28. The van der Waals surface area contributed by atoms with Crippen molar-refractivity contribution in [2.75, 3.05) is 24.1 Å². The van der Waals surface area contributed by atoms with Crippen LogP contribution in [0.1, 0.15) is 30.5 Å². The Bertz CT molecular complexity index is 927. The first-order valence-electron chi connectivity index (χ1n) is 10.1. The zero-order chi connectivity index (χ0) is 21.1. The molecule has 1 aromatic carbocycles. The Kier molecular flexibility index (Phi) is 6.71. The molecule has 1 aromatic heterocycles. The number of carboxylic acid groups (broad SMARTS) is 1. The average Bonchev–Trinajstić information content (AvgIpc) is 3.16. The quantitative estimate of drug-likeness (QED) is 0.574. The van der Waals surface area contributed by atoms with E-state index in [0.717, 1.165) is 50.3 Å². The molecule has 1 amide bonds. The highest BCUT2D eigenvalue weighted by molar-refractivity contribution is 7.13. The fraction of sp³-hybridized carbons (Fsp3) is 0.429. The zero-order valence-electron chi connectivity index (χ0n) is 16.5. The minimum Gasteiger partial charge on any atom is -0.465 e. The van der Waals surface area contributed by atoms with Crippen LogP contribution in [-0.2, 0) is 13.0 Å². The summed E-state index contributed by atoms with van der Waals surface area (Å²) >= 11 is 13.8. The SMILES string of the molecule is O=C(O)N(CCC1CCN(C2=CCc3ccccc3N2Cl)CC1)Cc1csc(Cl)n1. The maximum Gasteiger partial charge on any atom is 0.407 e. The summed E-state index contributed by atoms with van der Waals surface area (Å²) < 4.78 is 2.21. The Labute approximate surface area is 190 Å². The Morgan fingerprint density at radius 3 is 2.77 bits per heavy atom. The molecule has 0 saturated carbocycles. The van der Waals surface area contributed by atoms with Gasteiger partial charge in [-0.15, -0.1) is 11.3 Å². The van der Waals surface area contributed by atoms with Gasteiger partial charge in [-0.25, -0.2) is 14.2 Å². The van der Waals surface area contributed by atoms with Gasteiger partial charge in [0.1, 0.15) is 5.82 Å². The molecular formula is C21H24Cl2N4O2S. The number of hydrogen-bond acceptors (Lipinski definition) is 5. The number of halogens is 2. The molecule has 0 unspecified atom stereocenters. The van der Waals surface area contributed by atoms with Gasteiger partial charge in [-0.2, -0.15) is 0 Å². The first kappa shape index (κ1) is 21.3. The smallest absolute Gasteiger partial charge is 0.407 e. The maximum atomic E-state index is 11.6. The number of rotatable bonds is 6. The van der Waals surface area contributed by atoms with E-state index in [4.69, 9.17) is 23.4 Å². The van der Waals surface area contributed by atoms with Gasteiger partial charge in [-0.1, -0.05) is 29.8 Å². The summed E-state index contributed by atoms with van der Waals surface area (Å²) in [4.78, 5) is 19.5. The minimum absolute atomic E-state index is 0.283. The van der Waals surface area contributed by atoms with Crippen LogP contribution in [0.2, 0.25) is 4.47 Å². The number of anilines is 1. The van der Waals surface area contributed by atoms with Gasteiger partial charge in [-0.3, -0.25) is 0 Å². The van der Waals surface area contributed by atoms with E-state index in [2.05, 4.69) is 28.1 Å². The lowest BCUT2D eigenvalue weighted by atomic mass is 9.93. The number of amides is 1. The third kappa shape index (κ3) is 4.85. The maximum absolute atomic E-state index is 11.6. The molecule has 3 heterocycles. The van der Waals surface area contributed by atoms with Crippen LogP contribution < -0.4 is 4.42 Å². The molecule has 1 fully saturated rings. The van der Waals surface area contributed by atoms with Gasteiger partial charge in [0.25, 0.3) is 0 Å². The highest BCUT2D eigenvalue weighted by Gasteiger charge is 2.27.